The molecule has 5 nitrogen and oxygen atoms in total. The molecule has 0 aromatic heterocycles. The van der Waals surface area contributed by atoms with E-state index >= 15 is 0 Å². The van der Waals surface area contributed by atoms with Crippen molar-refractivity contribution < 1.29 is 19.1 Å². The lowest BCUT2D eigenvalue weighted by Gasteiger charge is -1.95. The molecule has 0 radical (unpaired) electrons. The molecule has 1 aliphatic rings. The van der Waals surface area contributed by atoms with Gasteiger partial charge in [-0.05, 0) is 12.8 Å². The molecule has 0 amide bonds. The smallest absolute Gasteiger partial charge is 0.334 e. The number of hydrogen-bond acceptors (Lipinski definition) is 5. The van der Waals surface area contributed by atoms with Crippen LogP contribution in [0.25, 0.3) is 0 Å². The first-order valence-electron chi connectivity index (χ1n) is 4.15. The molecule has 74 valence electrons. The Hall–Kier alpha value is -1.83. The van der Waals surface area contributed by atoms with Crippen LogP contribution in [0.4, 0.5) is 0 Å². The predicted molar refractivity (Wildman–Crippen MR) is 44.5 cm³/mol. The van der Waals surface area contributed by atoms with E-state index in [9.17, 15) is 9.59 Å². The van der Waals surface area contributed by atoms with Crippen LogP contribution >= 0.6 is 0 Å². The van der Waals surface area contributed by atoms with Gasteiger partial charge in [0.1, 0.15) is 12.3 Å². The van der Waals surface area contributed by atoms with Gasteiger partial charge in [0.25, 0.3) is 0 Å². The van der Waals surface area contributed by atoms with Crippen molar-refractivity contribution in [2.45, 2.75) is 12.8 Å². The molecule has 0 heterocycles. The third kappa shape index (κ3) is 3.72. The molecule has 5 heteroatoms. The summed E-state index contributed by atoms with van der Waals surface area (Å²) < 4.78 is 8.98. The Morgan fingerprint density at radius 3 is 2.79 bits per heavy atom. The highest BCUT2D eigenvalue weighted by Crippen LogP contribution is 2.29. The minimum absolute atomic E-state index is 0.00483. The Morgan fingerprint density at radius 1 is 1.50 bits per heavy atom. The fourth-order valence-corrected chi connectivity index (χ4v) is 0.723. The standard InChI is InChI=1S/C9H9NO4/c10-4-6-13-8(11)3-5-14-9(12)7-1-2-7/h3,5,7H,1-2,6H2/b5-3-. The van der Waals surface area contributed by atoms with E-state index in [1.807, 2.05) is 0 Å². The van der Waals surface area contributed by atoms with Gasteiger partial charge in [-0.3, -0.25) is 4.79 Å². The van der Waals surface area contributed by atoms with Gasteiger partial charge in [0.2, 0.25) is 0 Å². The van der Waals surface area contributed by atoms with Gasteiger partial charge in [-0.2, -0.15) is 5.26 Å². The molecule has 0 aromatic carbocycles. The molecule has 14 heavy (non-hydrogen) atoms. The van der Waals surface area contributed by atoms with E-state index in [1.165, 1.54) is 0 Å². The normalized spacial score (nSPS) is 14.8. The summed E-state index contributed by atoms with van der Waals surface area (Å²) in [5.74, 6) is -1.03. The highest BCUT2D eigenvalue weighted by atomic mass is 16.5. The number of hydrogen-bond donors (Lipinski definition) is 0. The van der Waals surface area contributed by atoms with Gasteiger partial charge in [0.05, 0.1) is 12.0 Å². The maximum atomic E-state index is 10.9. The number of esters is 2. The van der Waals surface area contributed by atoms with Crippen LogP contribution in [-0.2, 0) is 19.1 Å². The second-order valence-corrected chi connectivity index (χ2v) is 2.78. The molecule has 0 aliphatic heterocycles. The second-order valence-electron chi connectivity index (χ2n) is 2.78. The summed E-state index contributed by atoms with van der Waals surface area (Å²) in [6, 6.07) is 1.64. The summed E-state index contributed by atoms with van der Waals surface area (Å²) in [5, 5.41) is 8.07. The Morgan fingerprint density at radius 2 is 2.21 bits per heavy atom. The van der Waals surface area contributed by atoms with Gasteiger partial charge in [-0.25, -0.2) is 4.79 Å². The molecule has 1 saturated carbocycles. The lowest BCUT2D eigenvalue weighted by atomic mass is 10.4. The van der Waals surface area contributed by atoms with Crippen LogP contribution in [0.3, 0.4) is 0 Å². The number of nitrogens with zero attached hydrogens (tertiary/aromatic N) is 1. The van der Waals surface area contributed by atoms with Crippen LogP contribution in [0.2, 0.25) is 0 Å². The van der Waals surface area contributed by atoms with E-state index in [2.05, 4.69) is 9.47 Å². The summed E-state index contributed by atoms with van der Waals surface area (Å²) in [6.07, 6.45) is 3.66. The molecule has 1 rings (SSSR count). The molecule has 0 spiro atoms. The van der Waals surface area contributed by atoms with Crippen molar-refractivity contribution in [3.8, 4) is 6.07 Å². The Kier molecular flexibility index (Phi) is 3.68. The lowest BCUT2D eigenvalue weighted by molar-refractivity contribution is -0.139. The second kappa shape index (κ2) is 5.02. The van der Waals surface area contributed by atoms with Gasteiger partial charge < -0.3 is 9.47 Å². The number of nitriles is 1. The van der Waals surface area contributed by atoms with Gasteiger partial charge >= 0.3 is 11.9 Å². The van der Waals surface area contributed by atoms with Gasteiger partial charge in [-0.15, -0.1) is 0 Å². The van der Waals surface area contributed by atoms with E-state index in [1.54, 1.807) is 6.07 Å². The first-order chi connectivity index (χ1) is 6.74. The maximum absolute atomic E-state index is 10.9. The van der Waals surface area contributed by atoms with Crippen molar-refractivity contribution in [1.29, 1.82) is 5.26 Å². The first-order valence-corrected chi connectivity index (χ1v) is 4.15. The van der Waals surface area contributed by atoms with Crippen LogP contribution < -0.4 is 0 Å². The highest BCUT2D eigenvalue weighted by molar-refractivity contribution is 5.82. The number of rotatable bonds is 4. The maximum Gasteiger partial charge on any atom is 0.334 e. The van der Waals surface area contributed by atoms with Crippen molar-refractivity contribution in [3.05, 3.63) is 12.3 Å². The number of carbonyl (C=O) groups excluding carboxylic acids is 2. The topological polar surface area (TPSA) is 76.4 Å². The monoisotopic (exact) mass is 195 g/mol. The summed E-state index contributed by atoms with van der Waals surface area (Å²) >= 11 is 0. The molecular weight excluding hydrogens is 186 g/mol. The van der Waals surface area contributed by atoms with Crippen LogP contribution in [-0.4, -0.2) is 18.5 Å². The van der Waals surface area contributed by atoms with E-state index in [-0.39, 0.29) is 18.5 Å². The van der Waals surface area contributed by atoms with Crippen molar-refractivity contribution in [2.75, 3.05) is 6.61 Å². The van der Waals surface area contributed by atoms with Gasteiger partial charge in [-0.1, -0.05) is 0 Å². The zero-order chi connectivity index (χ0) is 10.4. The molecule has 0 bridgehead atoms. The fourth-order valence-electron chi connectivity index (χ4n) is 0.723. The van der Waals surface area contributed by atoms with Crippen molar-refractivity contribution in [2.24, 2.45) is 5.92 Å². The van der Waals surface area contributed by atoms with E-state index in [4.69, 9.17) is 5.26 Å². The zero-order valence-corrected chi connectivity index (χ0v) is 7.43. The van der Waals surface area contributed by atoms with E-state index < -0.39 is 5.97 Å². The highest BCUT2D eigenvalue weighted by Gasteiger charge is 2.30. The number of ether oxygens (including phenoxy) is 2. The molecule has 0 aromatic rings. The molecule has 0 saturated heterocycles. The average Bonchev–Trinajstić information content (AvgIpc) is 2.97. The third-order valence-electron chi connectivity index (χ3n) is 1.58. The quantitative estimate of drug-likeness (QED) is 0.371. The van der Waals surface area contributed by atoms with Crippen LogP contribution in [0, 0.1) is 17.2 Å². The largest absolute Gasteiger partial charge is 0.447 e. The molecule has 1 aliphatic carbocycles. The average molecular weight is 195 g/mol. The SMILES string of the molecule is N#CCOC(=O)/C=C\OC(=O)C1CC1. The third-order valence-corrected chi connectivity index (χ3v) is 1.58. The van der Waals surface area contributed by atoms with Gasteiger partial charge in [0.15, 0.2) is 6.61 Å². The molecule has 0 N–H and O–H groups in total. The summed E-state index contributed by atoms with van der Waals surface area (Å²) in [4.78, 5) is 21.6. The van der Waals surface area contributed by atoms with Crippen LogP contribution in [0.5, 0.6) is 0 Å². The minimum Gasteiger partial charge on any atom is -0.447 e. The predicted octanol–water partition coefficient (Wildman–Crippen LogP) is 0.520. The molecule has 0 atom stereocenters. The minimum atomic E-state index is -0.699. The summed E-state index contributed by atoms with van der Waals surface area (Å²) in [7, 11) is 0. The Balaban J connectivity index is 2.15. The van der Waals surface area contributed by atoms with E-state index in [0.29, 0.717) is 0 Å². The van der Waals surface area contributed by atoms with Crippen molar-refractivity contribution >= 4 is 11.9 Å². The van der Waals surface area contributed by atoms with Crippen LogP contribution in [0.1, 0.15) is 12.8 Å². The zero-order valence-electron chi connectivity index (χ0n) is 7.43. The van der Waals surface area contributed by atoms with Crippen LogP contribution in [0.15, 0.2) is 12.3 Å². The molecule has 1 fully saturated rings. The summed E-state index contributed by atoms with van der Waals surface area (Å²) in [5.41, 5.74) is 0. The van der Waals surface area contributed by atoms with Gasteiger partial charge in [0, 0.05) is 0 Å². The Bertz CT molecular complexity index is 298. The molecular formula is C9H9NO4. The summed E-state index contributed by atoms with van der Waals surface area (Å²) in [6.45, 7) is -0.306. The van der Waals surface area contributed by atoms with Crippen molar-refractivity contribution in [1.82, 2.24) is 0 Å². The lowest BCUT2D eigenvalue weighted by Crippen LogP contribution is -2.04. The first kappa shape index (κ1) is 10.3. The van der Waals surface area contributed by atoms with Crippen molar-refractivity contribution in [3.63, 3.8) is 0 Å². The Labute approximate surface area is 80.9 Å². The number of carbonyl (C=O) groups is 2. The van der Waals surface area contributed by atoms with E-state index in [0.717, 1.165) is 25.2 Å². The fraction of sp³-hybridized carbons (Fsp3) is 0.444. The molecule has 0 unspecified atom stereocenters.